The zero-order valence-corrected chi connectivity index (χ0v) is 19.5. The van der Waals surface area contributed by atoms with E-state index in [0.717, 1.165) is 54.3 Å². The molecule has 0 unspecified atom stereocenters. The smallest absolute Gasteiger partial charge is 0.141 e. The van der Waals surface area contributed by atoms with E-state index in [1.54, 1.807) is 0 Å². The summed E-state index contributed by atoms with van der Waals surface area (Å²) in [4.78, 5) is 7.59. The summed E-state index contributed by atoms with van der Waals surface area (Å²) < 4.78 is 8.50. The van der Waals surface area contributed by atoms with E-state index in [1.807, 2.05) is 0 Å². The molecule has 2 heterocycles. The van der Waals surface area contributed by atoms with Crippen molar-refractivity contribution in [2.24, 2.45) is 0 Å². The van der Waals surface area contributed by atoms with Gasteiger partial charge in [0.05, 0.1) is 17.6 Å². The monoisotopic (exact) mass is 439 g/mol. The number of rotatable bonds is 8. The second-order valence-electron chi connectivity index (χ2n) is 9.13. The molecule has 1 fully saturated rings. The lowest BCUT2D eigenvalue weighted by atomic mass is 10.1. The summed E-state index contributed by atoms with van der Waals surface area (Å²) in [6.45, 7) is 7.27. The summed E-state index contributed by atoms with van der Waals surface area (Å²) in [6.07, 6.45) is 5.13. The fraction of sp³-hybridized carbons (Fsp3) is 0.345. The Kier molecular flexibility index (Phi) is 6.73. The Labute approximate surface area is 196 Å². The van der Waals surface area contributed by atoms with Gasteiger partial charge in [-0.2, -0.15) is 0 Å². The van der Waals surface area contributed by atoms with Crippen LogP contribution < -0.4 is 4.74 Å². The minimum Gasteiger partial charge on any atom is -0.493 e. The van der Waals surface area contributed by atoms with Crippen LogP contribution in [0.1, 0.15) is 36.8 Å². The Bertz CT molecular complexity index is 1190. The van der Waals surface area contributed by atoms with Gasteiger partial charge in [-0.3, -0.25) is 0 Å². The molecule has 0 bridgehead atoms. The van der Waals surface area contributed by atoms with E-state index in [9.17, 15) is 0 Å². The molecule has 1 saturated heterocycles. The van der Waals surface area contributed by atoms with Gasteiger partial charge in [0, 0.05) is 24.7 Å². The first kappa shape index (κ1) is 21.7. The SMILES string of the molecule is Cc1cccc(-c2nc3ccc(OCCCN4CCCCC4)cc3n2Cc2ccccc2)c1. The molecule has 4 aromatic rings. The van der Waals surface area contributed by atoms with Crippen LogP contribution in [-0.2, 0) is 6.54 Å². The fourth-order valence-corrected chi connectivity index (χ4v) is 4.78. The Balaban J connectivity index is 1.39. The maximum atomic E-state index is 6.18. The number of ether oxygens (including phenoxy) is 1. The van der Waals surface area contributed by atoms with E-state index >= 15 is 0 Å². The third-order valence-electron chi connectivity index (χ3n) is 6.52. The highest BCUT2D eigenvalue weighted by Gasteiger charge is 2.15. The summed E-state index contributed by atoms with van der Waals surface area (Å²) in [5.41, 5.74) is 5.76. The molecule has 0 spiro atoms. The third kappa shape index (κ3) is 5.28. The molecular formula is C29H33N3O. The lowest BCUT2D eigenvalue weighted by molar-refractivity contribution is 0.205. The van der Waals surface area contributed by atoms with Gasteiger partial charge in [0.2, 0.25) is 0 Å². The highest BCUT2D eigenvalue weighted by Crippen LogP contribution is 2.29. The maximum absolute atomic E-state index is 6.18. The quantitative estimate of drug-likeness (QED) is 0.301. The molecular weight excluding hydrogens is 406 g/mol. The van der Waals surface area contributed by atoms with Gasteiger partial charge in [0.25, 0.3) is 0 Å². The lowest BCUT2D eigenvalue weighted by Crippen LogP contribution is -2.31. The Morgan fingerprint density at radius 2 is 1.73 bits per heavy atom. The van der Waals surface area contributed by atoms with Crippen LogP contribution in [0.25, 0.3) is 22.4 Å². The van der Waals surface area contributed by atoms with E-state index in [2.05, 4.69) is 89.2 Å². The third-order valence-corrected chi connectivity index (χ3v) is 6.52. The molecule has 4 nitrogen and oxygen atoms in total. The zero-order chi connectivity index (χ0) is 22.5. The molecule has 3 aromatic carbocycles. The molecule has 170 valence electrons. The normalized spacial score (nSPS) is 14.6. The number of imidazole rings is 1. The van der Waals surface area contributed by atoms with Crippen molar-refractivity contribution in [1.82, 2.24) is 14.5 Å². The Morgan fingerprint density at radius 1 is 0.879 bits per heavy atom. The molecule has 1 aliphatic heterocycles. The average molecular weight is 440 g/mol. The molecule has 4 heteroatoms. The summed E-state index contributed by atoms with van der Waals surface area (Å²) >= 11 is 0. The second kappa shape index (κ2) is 10.2. The average Bonchev–Trinajstić information content (AvgIpc) is 3.21. The molecule has 0 atom stereocenters. The second-order valence-corrected chi connectivity index (χ2v) is 9.13. The van der Waals surface area contributed by atoms with Crippen molar-refractivity contribution in [2.75, 3.05) is 26.2 Å². The van der Waals surface area contributed by atoms with E-state index < -0.39 is 0 Å². The van der Waals surface area contributed by atoms with Crippen molar-refractivity contribution in [2.45, 2.75) is 39.2 Å². The van der Waals surface area contributed by atoms with Crippen molar-refractivity contribution in [3.8, 4) is 17.1 Å². The Morgan fingerprint density at radius 3 is 2.55 bits per heavy atom. The summed E-state index contributed by atoms with van der Waals surface area (Å²) in [5.74, 6) is 1.92. The summed E-state index contributed by atoms with van der Waals surface area (Å²) in [5, 5.41) is 0. The van der Waals surface area contributed by atoms with Crippen LogP contribution >= 0.6 is 0 Å². The number of hydrogen-bond donors (Lipinski definition) is 0. The van der Waals surface area contributed by atoms with Gasteiger partial charge in [0.1, 0.15) is 11.6 Å². The highest BCUT2D eigenvalue weighted by atomic mass is 16.5. The van der Waals surface area contributed by atoms with Crippen LogP contribution in [0.15, 0.2) is 72.8 Å². The van der Waals surface area contributed by atoms with Gasteiger partial charge in [-0.1, -0.05) is 60.5 Å². The van der Waals surface area contributed by atoms with Crippen molar-refractivity contribution in [1.29, 1.82) is 0 Å². The number of aryl methyl sites for hydroxylation is 1. The number of aromatic nitrogens is 2. The molecule has 1 aromatic heterocycles. The fourth-order valence-electron chi connectivity index (χ4n) is 4.78. The van der Waals surface area contributed by atoms with Gasteiger partial charge in [-0.05, 0) is 63.0 Å². The van der Waals surface area contributed by atoms with Gasteiger partial charge in [-0.15, -0.1) is 0 Å². The number of benzene rings is 3. The minimum atomic E-state index is 0.750. The van der Waals surface area contributed by atoms with Crippen LogP contribution in [0.5, 0.6) is 5.75 Å². The van der Waals surface area contributed by atoms with E-state index in [1.165, 1.54) is 43.5 Å². The largest absolute Gasteiger partial charge is 0.493 e. The maximum Gasteiger partial charge on any atom is 0.141 e. The zero-order valence-electron chi connectivity index (χ0n) is 19.5. The molecule has 33 heavy (non-hydrogen) atoms. The lowest BCUT2D eigenvalue weighted by Gasteiger charge is -2.26. The molecule has 0 saturated carbocycles. The summed E-state index contributed by atoms with van der Waals surface area (Å²) in [7, 11) is 0. The van der Waals surface area contributed by atoms with Crippen LogP contribution in [0.4, 0.5) is 0 Å². The van der Waals surface area contributed by atoms with Gasteiger partial charge < -0.3 is 14.2 Å². The van der Waals surface area contributed by atoms with Crippen molar-refractivity contribution in [3.05, 3.63) is 83.9 Å². The number of fused-ring (bicyclic) bond motifs is 1. The number of hydrogen-bond acceptors (Lipinski definition) is 3. The predicted molar refractivity (Wildman–Crippen MR) is 136 cm³/mol. The van der Waals surface area contributed by atoms with Crippen LogP contribution in [-0.4, -0.2) is 40.7 Å². The van der Waals surface area contributed by atoms with Crippen molar-refractivity contribution in [3.63, 3.8) is 0 Å². The molecule has 5 rings (SSSR count). The standard InChI is InChI=1S/C29H33N3O/c1-23-10-8-13-25(20-23)29-30-27-15-14-26(33-19-9-18-31-16-6-3-7-17-31)21-28(27)32(29)22-24-11-4-2-5-12-24/h2,4-5,8,10-15,20-21H,3,6-7,9,16-19,22H2,1H3. The van der Waals surface area contributed by atoms with Gasteiger partial charge in [-0.25, -0.2) is 4.98 Å². The van der Waals surface area contributed by atoms with E-state index in [4.69, 9.17) is 9.72 Å². The van der Waals surface area contributed by atoms with Crippen LogP contribution in [0.2, 0.25) is 0 Å². The molecule has 0 N–H and O–H groups in total. The summed E-state index contributed by atoms with van der Waals surface area (Å²) in [6, 6.07) is 25.5. The van der Waals surface area contributed by atoms with Gasteiger partial charge in [0.15, 0.2) is 0 Å². The first-order valence-corrected chi connectivity index (χ1v) is 12.2. The van der Waals surface area contributed by atoms with Gasteiger partial charge >= 0.3 is 0 Å². The molecule has 0 amide bonds. The van der Waals surface area contributed by atoms with Crippen LogP contribution in [0, 0.1) is 6.92 Å². The minimum absolute atomic E-state index is 0.750. The number of nitrogens with zero attached hydrogens (tertiary/aromatic N) is 3. The van der Waals surface area contributed by atoms with E-state index in [-0.39, 0.29) is 0 Å². The molecule has 0 radical (unpaired) electrons. The molecule has 0 aliphatic carbocycles. The topological polar surface area (TPSA) is 30.3 Å². The highest BCUT2D eigenvalue weighted by molar-refractivity contribution is 5.82. The first-order valence-electron chi connectivity index (χ1n) is 12.2. The molecule has 1 aliphatic rings. The number of likely N-dealkylation sites (tertiary alicyclic amines) is 1. The number of piperidine rings is 1. The predicted octanol–water partition coefficient (Wildman–Crippen LogP) is 6.31. The first-order chi connectivity index (χ1) is 16.3. The van der Waals surface area contributed by atoms with E-state index in [0.29, 0.717) is 0 Å². The van der Waals surface area contributed by atoms with Crippen molar-refractivity contribution >= 4 is 11.0 Å². The Hall–Kier alpha value is -3.11. The van der Waals surface area contributed by atoms with Crippen molar-refractivity contribution < 1.29 is 4.74 Å². The van der Waals surface area contributed by atoms with Crippen LogP contribution in [0.3, 0.4) is 0 Å².